The van der Waals surface area contributed by atoms with Gasteiger partial charge in [0.15, 0.2) is 0 Å². The summed E-state index contributed by atoms with van der Waals surface area (Å²) < 4.78 is 28.5. The molecule has 2 aliphatic heterocycles. The fourth-order valence-corrected chi connectivity index (χ4v) is 6.45. The van der Waals surface area contributed by atoms with Gasteiger partial charge >= 0.3 is 0 Å². The number of hydrogen-bond donors (Lipinski definition) is 1. The summed E-state index contributed by atoms with van der Waals surface area (Å²) in [6.07, 6.45) is 5.05. The van der Waals surface area contributed by atoms with Crippen molar-refractivity contribution in [3.63, 3.8) is 0 Å². The lowest BCUT2D eigenvalue weighted by Crippen LogP contribution is -2.45. The van der Waals surface area contributed by atoms with E-state index in [1.165, 1.54) is 23.4 Å². The summed E-state index contributed by atoms with van der Waals surface area (Å²) in [5.41, 5.74) is 2.36. The molecule has 0 radical (unpaired) electrons. The summed E-state index contributed by atoms with van der Waals surface area (Å²) in [6, 6.07) is 11.5. The van der Waals surface area contributed by atoms with E-state index in [1.807, 2.05) is 18.2 Å². The molecule has 2 aromatic rings. The van der Waals surface area contributed by atoms with Crippen LogP contribution >= 0.6 is 11.8 Å². The molecule has 2 heterocycles. The van der Waals surface area contributed by atoms with E-state index in [1.54, 1.807) is 5.01 Å². The Kier molecular flexibility index (Phi) is 5.56. The zero-order valence-electron chi connectivity index (χ0n) is 17.2. The van der Waals surface area contributed by atoms with E-state index in [9.17, 15) is 13.6 Å². The van der Waals surface area contributed by atoms with Crippen molar-refractivity contribution in [1.82, 2.24) is 10.3 Å². The second kappa shape index (κ2) is 8.36. The molecule has 31 heavy (non-hydrogen) atoms. The van der Waals surface area contributed by atoms with Gasteiger partial charge in [0.05, 0.1) is 0 Å². The Hall–Kier alpha value is -2.25. The molecule has 0 aromatic heterocycles. The zero-order chi connectivity index (χ0) is 21.4. The van der Waals surface area contributed by atoms with Crippen LogP contribution in [0.4, 0.5) is 8.78 Å². The molecule has 5 rings (SSSR count). The number of aryl methyl sites for hydroxylation is 1. The van der Waals surface area contributed by atoms with Gasteiger partial charge in [-0.1, -0.05) is 36.0 Å². The number of fused-ring (bicyclic) bond motifs is 2. The molecule has 2 atom stereocenters. The molecule has 1 fully saturated rings. The van der Waals surface area contributed by atoms with Gasteiger partial charge in [-0.25, -0.2) is 13.8 Å². The number of rotatable bonds is 3. The predicted octanol–water partition coefficient (Wildman–Crippen LogP) is 4.78. The van der Waals surface area contributed by atoms with Crippen LogP contribution in [0.5, 0.6) is 0 Å². The fourth-order valence-electron chi connectivity index (χ4n) is 4.95. The number of halogens is 2. The van der Waals surface area contributed by atoms with Gasteiger partial charge in [0, 0.05) is 12.0 Å². The Bertz CT molecular complexity index is 1040. The van der Waals surface area contributed by atoms with Crippen LogP contribution in [0.2, 0.25) is 0 Å². The molecule has 1 saturated heterocycles. The highest BCUT2D eigenvalue weighted by Gasteiger charge is 2.51. The number of amides is 1. The minimum atomic E-state index is -0.706. The van der Waals surface area contributed by atoms with Crippen LogP contribution in [-0.4, -0.2) is 29.0 Å². The topological polar surface area (TPSA) is 44.7 Å². The van der Waals surface area contributed by atoms with Crippen molar-refractivity contribution >= 4 is 22.7 Å². The lowest BCUT2D eigenvalue weighted by atomic mass is 9.86. The third kappa shape index (κ3) is 3.78. The van der Waals surface area contributed by atoms with E-state index in [0.29, 0.717) is 11.5 Å². The van der Waals surface area contributed by atoms with E-state index in [0.717, 1.165) is 62.9 Å². The smallest absolute Gasteiger partial charge is 0.244 e. The largest absolute Gasteiger partial charge is 0.316 e. The first-order valence-electron chi connectivity index (χ1n) is 10.9. The molecule has 1 amide bonds. The highest BCUT2D eigenvalue weighted by molar-refractivity contribution is 8.15. The minimum Gasteiger partial charge on any atom is -0.316 e. The number of piperidine rings is 1. The highest BCUT2D eigenvalue weighted by atomic mass is 32.2. The van der Waals surface area contributed by atoms with E-state index < -0.39 is 16.5 Å². The summed E-state index contributed by atoms with van der Waals surface area (Å²) in [6.45, 7) is 1.81. The molecule has 1 aliphatic carbocycles. The Labute approximate surface area is 185 Å². The molecule has 2 aromatic carbocycles. The monoisotopic (exact) mass is 441 g/mol. The molecule has 1 N–H and O–H groups in total. The van der Waals surface area contributed by atoms with Crippen LogP contribution in [0.25, 0.3) is 0 Å². The van der Waals surface area contributed by atoms with Crippen LogP contribution in [0.15, 0.2) is 47.6 Å². The number of thioether (sulfide) groups is 1. The van der Waals surface area contributed by atoms with Crippen molar-refractivity contribution in [2.45, 2.75) is 43.4 Å². The number of nitrogens with one attached hydrogen (secondary N) is 1. The molecule has 0 saturated carbocycles. The van der Waals surface area contributed by atoms with E-state index >= 15 is 0 Å². The van der Waals surface area contributed by atoms with Crippen molar-refractivity contribution in [3.05, 3.63) is 70.8 Å². The predicted molar refractivity (Wildman–Crippen MR) is 119 cm³/mol. The standard InChI is InChI=1S/C24H25F2N3OS/c25-18-9-10-21(26)19(14-18)23-28-29(22(30)13-16-5-4-12-27-15-16)24(31-23)11-3-7-17-6-1-2-8-20(17)24/h1-2,6,8-10,14,16,27H,3-5,7,11-13,15H2. The molecular weight excluding hydrogens is 416 g/mol. The lowest BCUT2D eigenvalue weighted by molar-refractivity contribution is -0.136. The first-order valence-corrected chi connectivity index (χ1v) is 11.7. The first-order chi connectivity index (χ1) is 15.1. The summed E-state index contributed by atoms with van der Waals surface area (Å²) in [5, 5.41) is 9.95. The number of benzene rings is 2. The van der Waals surface area contributed by atoms with Gasteiger partial charge in [0.2, 0.25) is 5.91 Å². The van der Waals surface area contributed by atoms with Gasteiger partial charge in [-0.2, -0.15) is 5.10 Å². The maximum Gasteiger partial charge on any atom is 0.244 e. The quantitative estimate of drug-likeness (QED) is 0.746. The van der Waals surface area contributed by atoms with Crippen molar-refractivity contribution in [1.29, 1.82) is 0 Å². The summed E-state index contributed by atoms with van der Waals surface area (Å²) in [7, 11) is 0. The van der Waals surface area contributed by atoms with Gasteiger partial charge in [-0.3, -0.25) is 4.79 Å². The molecule has 162 valence electrons. The van der Waals surface area contributed by atoms with Crippen LogP contribution in [0.3, 0.4) is 0 Å². The third-order valence-corrected chi connectivity index (χ3v) is 7.89. The summed E-state index contributed by atoms with van der Waals surface area (Å²) >= 11 is 1.38. The second-order valence-electron chi connectivity index (χ2n) is 8.55. The van der Waals surface area contributed by atoms with Crippen molar-refractivity contribution in [2.75, 3.05) is 13.1 Å². The van der Waals surface area contributed by atoms with Gasteiger partial charge in [-0.05, 0) is 80.4 Å². The van der Waals surface area contributed by atoms with E-state index in [-0.39, 0.29) is 17.4 Å². The summed E-state index contributed by atoms with van der Waals surface area (Å²) in [5.74, 6) is -0.828. The van der Waals surface area contributed by atoms with Crippen molar-refractivity contribution in [2.24, 2.45) is 11.0 Å². The second-order valence-corrected chi connectivity index (χ2v) is 9.81. The maximum atomic E-state index is 14.6. The molecule has 3 aliphatic rings. The van der Waals surface area contributed by atoms with Crippen LogP contribution in [0, 0.1) is 17.6 Å². The third-order valence-electron chi connectivity index (χ3n) is 6.46. The van der Waals surface area contributed by atoms with Gasteiger partial charge in [0.1, 0.15) is 21.5 Å². The molecule has 7 heteroatoms. The Morgan fingerprint density at radius 2 is 2.10 bits per heavy atom. The van der Waals surface area contributed by atoms with Crippen LogP contribution in [-0.2, 0) is 16.1 Å². The minimum absolute atomic E-state index is 0.0512. The average molecular weight is 442 g/mol. The van der Waals surface area contributed by atoms with Crippen molar-refractivity contribution in [3.8, 4) is 0 Å². The van der Waals surface area contributed by atoms with Crippen LogP contribution in [0.1, 0.15) is 48.8 Å². The molecule has 0 bridgehead atoms. The fraction of sp³-hybridized carbons (Fsp3) is 0.417. The van der Waals surface area contributed by atoms with Gasteiger partial charge in [-0.15, -0.1) is 0 Å². The number of carbonyl (C=O) groups excluding carboxylic acids is 1. The maximum absolute atomic E-state index is 14.6. The highest BCUT2D eigenvalue weighted by Crippen LogP contribution is 2.54. The molecule has 1 spiro atoms. The molecule has 2 unspecified atom stereocenters. The van der Waals surface area contributed by atoms with E-state index in [4.69, 9.17) is 0 Å². The average Bonchev–Trinajstić information content (AvgIpc) is 3.16. The number of nitrogens with zero attached hydrogens (tertiary/aromatic N) is 2. The molecule has 4 nitrogen and oxygen atoms in total. The SMILES string of the molecule is O=C(CC1CCCNC1)N1N=C(c2cc(F)ccc2F)SC12CCCc1ccccc12. The Morgan fingerprint density at radius 3 is 2.94 bits per heavy atom. The van der Waals surface area contributed by atoms with Crippen molar-refractivity contribution < 1.29 is 13.6 Å². The molecular formula is C24H25F2N3OS. The zero-order valence-corrected chi connectivity index (χ0v) is 18.1. The summed E-state index contributed by atoms with van der Waals surface area (Å²) in [4.78, 5) is 12.8. The lowest BCUT2D eigenvalue weighted by Gasteiger charge is -2.40. The Morgan fingerprint density at radius 1 is 1.23 bits per heavy atom. The number of hydrogen-bond acceptors (Lipinski definition) is 4. The van der Waals surface area contributed by atoms with Crippen LogP contribution < -0.4 is 5.32 Å². The van der Waals surface area contributed by atoms with Gasteiger partial charge in [0.25, 0.3) is 0 Å². The Balaban J connectivity index is 1.55. The number of carbonyl (C=O) groups is 1. The number of hydrazone groups is 1. The normalized spacial score (nSPS) is 25.4. The van der Waals surface area contributed by atoms with E-state index in [2.05, 4.69) is 16.5 Å². The van der Waals surface area contributed by atoms with Gasteiger partial charge < -0.3 is 5.32 Å². The first kappa shape index (κ1) is 20.6.